The second-order valence-electron chi connectivity index (χ2n) is 11.4. The number of rotatable bonds is 7. The predicted molar refractivity (Wildman–Crippen MR) is 156 cm³/mol. The van der Waals surface area contributed by atoms with Crippen LogP contribution in [-0.2, 0) is 14.8 Å². The summed E-state index contributed by atoms with van der Waals surface area (Å²) >= 11 is 0.678. The summed E-state index contributed by atoms with van der Waals surface area (Å²) in [6.45, 7) is 8.68. The van der Waals surface area contributed by atoms with Gasteiger partial charge in [0.05, 0.1) is 21.9 Å². The van der Waals surface area contributed by atoms with Crippen molar-refractivity contribution in [1.82, 2.24) is 34.4 Å². The number of nitriles is 1. The quantitative estimate of drug-likeness (QED) is 0.322. The van der Waals surface area contributed by atoms with Gasteiger partial charge in [-0.1, -0.05) is 31.3 Å². The number of amides is 1. The zero-order valence-electron chi connectivity index (χ0n) is 23.8. The molecule has 2 fully saturated rings. The highest BCUT2D eigenvalue weighted by Gasteiger charge is 2.47. The van der Waals surface area contributed by atoms with Gasteiger partial charge in [0, 0.05) is 36.5 Å². The fourth-order valence-electron chi connectivity index (χ4n) is 5.52. The van der Waals surface area contributed by atoms with E-state index in [-0.39, 0.29) is 33.9 Å². The maximum absolute atomic E-state index is 13.5. The summed E-state index contributed by atoms with van der Waals surface area (Å²) < 4.78 is 57.7. The molecule has 2 atom stereocenters. The largest absolute Gasteiger partial charge is 0.349 e. The van der Waals surface area contributed by atoms with Crippen LogP contribution in [0.1, 0.15) is 52.0 Å². The standard InChI is InChI=1S/C27H29F2N9O3S2/c1-14(2)25(39)37-11-15(3)36(10-16(37)4)22-20-18-6-5-17(43(40,41)35-27(12-30)7-8-27)9-19(18)38(23(20)32-13-31-22)26-34-33-24(42-26)21(28)29/h5-6,9,13-16,21,35H,7-8,10-11H2,1-4H3/t15-,16+/m0/s1. The van der Waals surface area contributed by atoms with Crippen molar-refractivity contribution < 1.29 is 22.0 Å². The molecule has 0 radical (unpaired) electrons. The minimum atomic E-state index is -4.09. The molecule has 226 valence electrons. The third-order valence-electron chi connectivity index (χ3n) is 7.95. The van der Waals surface area contributed by atoms with Crippen LogP contribution in [0.4, 0.5) is 14.6 Å². The summed E-state index contributed by atoms with van der Waals surface area (Å²) in [4.78, 5) is 25.8. The number of halogens is 2. The summed E-state index contributed by atoms with van der Waals surface area (Å²) in [5.41, 5.74) is -0.431. The highest BCUT2D eigenvalue weighted by molar-refractivity contribution is 7.89. The minimum Gasteiger partial charge on any atom is -0.349 e. The Hall–Kier alpha value is -3.81. The second-order valence-corrected chi connectivity index (χ2v) is 14.1. The van der Waals surface area contributed by atoms with Crippen LogP contribution >= 0.6 is 11.3 Å². The van der Waals surface area contributed by atoms with E-state index in [1.54, 1.807) is 6.07 Å². The van der Waals surface area contributed by atoms with E-state index in [2.05, 4.69) is 29.8 Å². The lowest BCUT2D eigenvalue weighted by Crippen LogP contribution is -2.59. The van der Waals surface area contributed by atoms with Crippen molar-refractivity contribution in [2.75, 3.05) is 18.0 Å². The number of alkyl halides is 2. The molecule has 0 spiro atoms. The van der Waals surface area contributed by atoms with E-state index in [1.807, 2.05) is 38.7 Å². The molecule has 1 aromatic carbocycles. The zero-order chi connectivity index (χ0) is 30.8. The van der Waals surface area contributed by atoms with Gasteiger partial charge in [-0.05, 0) is 38.8 Å². The van der Waals surface area contributed by atoms with E-state index in [4.69, 9.17) is 0 Å². The summed E-state index contributed by atoms with van der Waals surface area (Å²) in [6.07, 6.45) is -0.637. The fraction of sp³-hybridized carbons (Fsp3) is 0.481. The molecule has 43 heavy (non-hydrogen) atoms. The van der Waals surface area contributed by atoms with E-state index in [9.17, 15) is 27.3 Å². The van der Waals surface area contributed by atoms with Crippen LogP contribution in [0, 0.1) is 17.2 Å². The van der Waals surface area contributed by atoms with E-state index in [0.717, 1.165) is 0 Å². The lowest BCUT2D eigenvalue weighted by atomic mass is 10.0. The Balaban J connectivity index is 1.53. The van der Waals surface area contributed by atoms with E-state index in [0.29, 0.717) is 65.0 Å². The monoisotopic (exact) mass is 629 g/mol. The van der Waals surface area contributed by atoms with Gasteiger partial charge < -0.3 is 9.80 Å². The molecule has 1 aliphatic carbocycles. The number of nitrogens with one attached hydrogen (secondary N) is 1. The summed E-state index contributed by atoms with van der Waals surface area (Å²) in [5.74, 6) is 0.498. The number of piperazine rings is 1. The number of nitrogens with zero attached hydrogens (tertiary/aromatic N) is 8. The maximum Gasteiger partial charge on any atom is 0.291 e. The van der Waals surface area contributed by atoms with Gasteiger partial charge in [0.1, 0.15) is 17.7 Å². The molecule has 4 aromatic rings. The molecule has 0 unspecified atom stereocenters. The Morgan fingerprint density at radius 2 is 1.91 bits per heavy atom. The third kappa shape index (κ3) is 4.98. The molecule has 16 heteroatoms. The van der Waals surface area contributed by atoms with Crippen molar-refractivity contribution in [2.45, 2.75) is 69.5 Å². The van der Waals surface area contributed by atoms with Crippen LogP contribution in [0.25, 0.3) is 27.1 Å². The maximum atomic E-state index is 13.5. The summed E-state index contributed by atoms with van der Waals surface area (Å²) in [6, 6.07) is 6.28. The topological polar surface area (TPSA) is 150 Å². The number of benzene rings is 1. The van der Waals surface area contributed by atoms with Crippen molar-refractivity contribution in [3.05, 3.63) is 29.5 Å². The molecule has 6 rings (SSSR count). The van der Waals surface area contributed by atoms with Crippen molar-refractivity contribution in [2.24, 2.45) is 5.92 Å². The molecule has 2 aliphatic rings. The summed E-state index contributed by atoms with van der Waals surface area (Å²) in [7, 11) is -4.09. The van der Waals surface area contributed by atoms with Crippen molar-refractivity contribution in [3.63, 3.8) is 0 Å². The van der Waals surface area contributed by atoms with E-state index >= 15 is 0 Å². The smallest absolute Gasteiger partial charge is 0.291 e. The average molecular weight is 630 g/mol. The van der Waals surface area contributed by atoms with Gasteiger partial charge in [-0.3, -0.25) is 9.36 Å². The molecule has 1 aliphatic heterocycles. The average Bonchev–Trinajstić information content (AvgIpc) is 3.41. The Morgan fingerprint density at radius 1 is 1.16 bits per heavy atom. The third-order valence-corrected chi connectivity index (χ3v) is 10.4. The van der Waals surface area contributed by atoms with Crippen molar-refractivity contribution in [3.8, 4) is 11.2 Å². The number of hydrogen-bond donors (Lipinski definition) is 1. The number of anilines is 1. The molecule has 1 amide bonds. The highest BCUT2D eigenvalue weighted by Crippen LogP contribution is 2.40. The molecule has 1 saturated heterocycles. The van der Waals surface area contributed by atoms with E-state index < -0.39 is 27.0 Å². The second kappa shape index (κ2) is 10.4. The van der Waals surface area contributed by atoms with Crippen LogP contribution in [0.5, 0.6) is 0 Å². The molecule has 0 bridgehead atoms. The molecule has 1 N–H and O–H groups in total. The first-order valence-electron chi connectivity index (χ1n) is 13.8. The Labute approximate surface area is 250 Å². The predicted octanol–water partition coefficient (Wildman–Crippen LogP) is 3.78. The molecule has 12 nitrogen and oxygen atoms in total. The van der Waals surface area contributed by atoms with Gasteiger partial charge in [0.25, 0.3) is 6.43 Å². The Morgan fingerprint density at radius 3 is 2.53 bits per heavy atom. The molecule has 1 saturated carbocycles. The normalized spacial score (nSPS) is 20.3. The number of hydrogen-bond acceptors (Lipinski definition) is 10. The molecule has 4 heterocycles. The Kier molecular flexibility index (Phi) is 7.09. The summed E-state index contributed by atoms with van der Waals surface area (Å²) in [5, 5.41) is 17.9. The van der Waals surface area contributed by atoms with Gasteiger partial charge in [-0.2, -0.15) is 9.98 Å². The SMILES string of the molecule is CC(C)C(=O)N1C[C@H](C)N(c2ncnc3c2c2ccc(S(=O)(=O)NC4(C#N)CC4)cc2n3-c2nnc(C(F)F)s2)C[C@H]1C. The first kappa shape index (κ1) is 29.3. The molecular weight excluding hydrogens is 600 g/mol. The van der Waals surface area contributed by atoms with Crippen LogP contribution < -0.4 is 9.62 Å². The van der Waals surface area contributed by atoms with Crippen LogP contribution in [0.3, 0.4) is 0 Å². The number of carbonyl (C=O) groups excluding carboxylic acids is 1. The van der Waals surface area contributed by atoms with Gasteiger partial charge >= 0.3 is 0 Å². The van der Waals surface area contributed by atoms with Gasteiger partial charge in [-0.15, -0.1) is 10.2 Å². The van der Waals surface area contributed by atoms with Crippen molar-refractivity contribution >= 4 is 55.0 Å². The first-order chi connectivity index (χ1) is 20.4. The first-order valence-corrected chi connectivity index (χ1v) is 16.1. The highest BCUT2D eigenvalue weighted by atomic mass is 32.2. The lowest BCUT2D eigenvalue weighted by molar-refractivity contribution is -0.137. The number of carbonyl (C=O) groups is 1. The van der Waals surface area contributed by atoms with Gasteiger partial charge in [0.2, 0.25) is 21.1 Å². The molecule has 3 aromatic heterocycles. The lowest BCUT2D eigenvalue weighted by Gasteiger charge is -2.45. The number of fused-ring (bicyclic) bond motifs is 3. The van der Waals surface area contributed by atoms with Gasteiger partial charge in [0.15, 0.2) is 10.7 Å². The minimum absolute atomic E-state index is 0.0706. The van der Waals surface area contributed by atoms with Crippen LogP contribution in [-0.4, -0.2) is 74.7 Å². The van der Waals surface area contributed by atoms with Crippen molar-refractivity contribution in [1.29, 1.82) is 5.26 Å². The Bertz CT molecular complexity index is 1900. The van der Waals surface area contributed by atoms with Crippen LogP contribution in [0.15, 0.2) is 29.4 Å². The molecular formula is C27H29F2N9O3S2. The zero-order valence-corrected chi connectivity index (χ0v) is 25.5. The fourth-order valence-corrected chi connectivity index (χ4v) is 7.63. The van der Waals surface area contributed by atoms with E-state index in [1.165, 1.54) is 23.0 Å². The number of sulfonamides is 1. The van der Waals surface area contributed by atoms with Gasteiger partial charge in [-0.25, -0.2) is 27.2 Å². The number of aromatic nitrogens is 5. The van der Waals surface area contributed by atoms with Crippen LogP contribution in [0.2, 0.25) is 0 Å².